The molecule has 0 aliphatic carbocycles. The Balaban J connectivity index is 0.757. The van der Waals surface area contributed by atoms with Crippen LogP contribution in [-0.4, -0.2) is 132 Å². The smallest absolute Gasteiger partial charge is 0.243 e. The monoisotopic (exact) mass is 858 g/mol. The number of aryl methyl sites for hydroxylation is 1. The van der Waals surface area contributed by atoms with Gasteiger partial charge in [0.05, 0.1) is 34.4 Å². The Morgan fingerprint density at radius 2 is 1.76 bits per heavy atom. The number of rotatable bonds is 12. The van der Waals surface area contributed by atoms with Crippen LogP contribution in [0.2, 0.25) is 0 Å². The molecule has 0 radical (unpaired) electrons. The molecule has 3 amide bonds. The second-order valence-corrected chi connectivity index (χ2v) is 17.8. The molecule has 62 heavy (non-hydrogen) atoms. The van der Waals surface area contributed by atoms with E-state index in [1.165, 1.54) is 4.90 Å². The van der Waals surface area contributed by atoms with Crippen LogP contribution in [0.5, 0.6) is 5.75 Å². The number of aliphatic hydroxyl groups excluding tert-OH is 1. The number of aliphatic hydroxyl groups is 1. The van der Waals surface area contributed by atoms with E-state index in [9.17, 15) is 24.6 Å². The van der Waals surface area contributed by atoms with Gasteiger partial charge in [0.1, 0.15) is 17.7 Å². The number of para-hydroxylation sites is 1. The van der Waals surface area contributed by atoms with E-state index in [1.54, 1.807) is 29.5 Å². The largest absolute Gasteiger partial charge is 0.507 e. The van der Waals surface area contributed by atoms with Crippen molar-refractivity contribution in [3.63, 3.8) is 0 Å². The lowest BCUT2D eigenvalue weighted by atomic mass is 9.91. The number of aromatic amines is 1. The number of nitrogens with one attached hydrogen (secondary N) is 2. The second kappa shape index (κ2) is 17.3. The third-order valence-electron chi connectivity index (χ3n) is 12.3. The van der Waals surface area contributed by atoms with Crippen molar-refractivity contribution in [1.82, 2.24) is 45.3 Å². The summed E-state index contributed by atoms with van der Waals surface area (Å²) in [6.07, 6.45) is -0.670. The number of hydrogen-bond acceptors (Lipinski definition) is 13. The molecule has 0 unspecified atom stereocenters. The van der Waals surface area contributed by atoms with Crippen LogP contribution in [0.15, 0.2) is 76.8 Å². The first kappa shape index (κ1) is 41.2. The van der Waals surface area contributed by atoms with E-state index in [2.05, 4.69) is 46.5 Å². The van der Waals surface area contributed by atoms with Crippen LogP contribution >= 0.6 is 11.3 Å². The number of piperazine rings is 1. The molecule has 3 atom stereocenters. The number of H-pyrrole nitrogens is 1. The number of amides is 3. The van der Waals surface area contributed by atoms with Crippen molar-refractivity contribution in [3.8, 4) is 27.4 Å². The van der Waals surface area contributed by atoms with Gasteiger partial charge in [-0.25, -0.2) is 4.98 Å². The Morgan fingerprint density at radius 3 is 2.48 bits per heavy atom. The molecule has 3 aliphatic heterocycles. The minimum Gasteiger partial charge on any atom is -0.507 e. The van der Waals surface area contributed by atoms with Crippen molar-refractivity contribution in [2.45, 2.75) is 57.7 Å². The molecular weight excluding hydrogens is 809 g/mol. The molecule has 0 bridgehead atoms. The van der Waals surface area contributed by atoms with Crippen molar-refractivity contribution < 1.29 is 29.1 Å². The fraction of sp³-hybridized carbons (Fsp3) is 0.400. The number of nitrogens with zero attached hydrogens (tertiary/aromatic N) is 8. The number of phenolic OH excluding ortho intramolecular Hbond substituents is 1. The summed E-state index contributed by atoms with van der Waals surface area (Å²) in [5, 5.41) is 37.8. The molecular formula is C45H50N10O6S. The van der Waals surface area contributed by atoms with Crippen LogP contribution in [0.25, 0.3) is 32.7 Å². The lowest BCUT2D eigenvalue weighted by molar-refractivity contribution is -0.141. The zero-order valence-corrected chi connectivity index (χ0v) is 35.7. The summed E-state index contributed by atoms with van der Waals surface area (Å²) in [7, 11) is 0. The van der Waals surface area contributed by atoms with E-state index in [1.807, 2.05) is 73.6 Å². The number of hydrogen-bond donors (Lipinski definition) is 4. The van der Waals surface area contributed by atoms with E-state index >= 15 is 0 Å². The quantitative estimate of drug-likeness (QED) is 0.135. The third kappa shape index (κ3) is 8.39. The number of benzene rings is 2. The zero-order chi connectivity index (χ0) is 43.1. The average molecular weight is 859 g/mol. The highest BCUT2D eigenvalue weighted by atomic mass is 32.1. The summed E-state index contributed by atoms with van der Waals surface area (Å²) in [5.41, 5.74) is 7.77. The van der Waals surface area contributed by atoms with Gasteiger partial charge in [-0.3, -0.25) is 19.3 Å². The van der Waals surface area contributed by atoms with Crippen LogP contribution < -0.4 is 10.2 Å². The predicted molar refractivity (Wildman–Crippen MR) is 233 cm³/mol. The van der Waals surface area contributed by atoms with Crippen LogP contribution in [0, 0.1) is 12.8 Å². The van der Waals surface area contributed by atoms with Crippen LogP contribution in [-0.2, 0) is 20.9 Å². The van der Waals surface area contributed by atoms with Gasteiger partial charge in [0.15, 0.2) is 17.2 Å². The van der Waals surface area contributed by atoms with Gasteiger partial charge in [0, 0.05) is 87.4 Å². The number of carbonyl (C=O) groups excluding carboxylic acids is 3. The molecule has 0 spiro atoms. The van der Waals surface area contributed by atoms with E-state index < -0.39 is 18.1 Å². The standard InChI is InChI=1S/C45H50N10O6S/c1-26(2)41(45(60)55-23-32(56)18-36(55)44(59)46-20-28-8-10-29(11-9-28)42-27(3)47-25-62-42)38-19-39(51-61-38)53-12-14-54(15-13-53)40(58)24-52-21-31(22-52)34-16-30-17-35(49-50-43(30)48-34)33-6-4-5-7-37(33)57/h4-11,16-17,19,25-26,31-32,36,41,56-57H,12-15,18,20-24H2,1-3H3,(H,46,59)(H,48,50)/t32-,36+,41-/m1/s1. The number of likely N-dealkylation sites (tertiary alicyclic amines) is 2. The number of thiazole rings is 1. The van der Waals surface area contributed by atoms with Gasteiger partial charge in [0.2, 0.25) is 17.7 Å². The van der Waals surface area contributed by atoms with Gasteiger partial charge >= 0.3 is 0 Å². The third-order valence-corrected chi connectivity index (χ3v) is 13.3. The Labute approximate surface area is 362 Å². The maximum Gasteiger partial charge on any atom is 0.243 e. The van der Waals surface area contributed by atoms with E-state index in [4.69, 9.17) is 4.52 Å². The molecule has 3 saturated heterocycles. The molecule has 2 aromatic carbocycles. The number of carbonyl (C=O) groups is 3. The van der Waals surface area contributed by atoms with Crippen molar-refractivity contribution >= 4 is 45.9 Å². The number of anilines is 1. The lowest BCUT2D eigenvalue weighted by Gasteiger charge is -2.40. The molecule has 4 N–H and O–H groups in total. The van der Waals surface area contributed by atoms with Crippen molar-refractivity contribution in [2.75, 3.05) is 57.3 Å². The normalized spacial score (nSPS) is 19.0. The highest BCUT2D eigenvalue weighted by Gasteiger charge is 2.43. The topological polar surface area (TPSA) is 197 Å². The molecule has 3 aliphatic rings. The van der Waals surface area contributed by atoms with Gasteiger partial charge in [0.25, 0.3) is 0 Å². The van der Waals surface area contributed by atoms with Gasteiger partial charge in [-0.1, -0.05) is 55.4 Å². The minimum absolute atomic E-state index is 0.0546. The van der Waals surface area contributed by atoms with Crippen molar-refractivity contribution in [1.29, 1.82) is 0 Å². The molecule has 3 fully saturated rings. The fourth-order valence-electron chi connectivity index (χ4n) is 8.82. The van der Waals surface area contributed by atoms with Crippen molar-refractivity contribution in [3.05, 3.63) is 95.0 Å². The summed E-state index contributed by atoms with van der Waals surface area (Å²) < 4.78 is 5.83. The Kier molecular flexibility index (Phi) is 11.5. The molecule has 16 nitrogen and oxygen atoms in total. The van der Waals surface area contributed by atoms with E-state index in [0.717, 1.165) is 45.9 Å². The summed E-state index contributed by atoms with van der Waals surface area (Å²) in [5.74, 6) is 0.000776. The zero-order valence-electron chi connectivity index (χ0n) is 34.9. The van der Waals surface area contributed by atoms with Crippen molar-refractivity contribution in [2.24, 2.45) is 5.92 Å². The molecule has 0 saturated carbocycles. The molecule has 17 heteroatoms. The Bertz CT molecular complexity index is 2570. The summed E-state index contributed by atoms with van der Waals surface area (Å²) in [4.78, 5) is 57.5. The summed E-state index contributed by atoms with van der Waals surface area (Å²) in [6.45, 7) is 10.2. The number of fused-ring (bicyclic) bond motifs is 1. The maximum absolute atomic E-state index is 14.2. The molecule has 322 valence electrons. The maximum atomic E-state index is 14.2. The average Bonchev–Trinajstić information content (AvgIpc) is 4.08. The number of phenols is 1. The summed E-state index contributed by atoms with van der Waals surface area (Å²) >= 11 is 1.59. The first-order valence-electron chi connectivity index (χ1n) is 21.1. The van der Waals surface area contributed by atoms with Gasteiger partial charge < -0.3 is 39.7 Å². The van der Waals surface area contributed by atoms with E-state index in [-0.39, 0.29) is 48.3 Å². The number of aromatic hydroxyl groups is 1. The van der Waals surface area contributed by atoms with Crippen LogP contribution in [0.4, 0.5) is 5.82 Å². The first-order chi connectivity index (χ1) is 30.0. The molecule has 6 aromatic rings. The first-order valence-corrected chi connectivity index (χ1v) is 22.0. The Hall–Kier alpha value is -6.17. The Morgan fingerprint density at radius 1 is 0.984 bits per heavy atom. The molecule has 4 aromatic heterocycles. The molecule has 9 rings (SSSR count). The van der Waals surface area contributed by atoms with Gasteiger partial charge in [-0.15, -0.1) is 21.5 Å². The van der Waals surface area contributed by atoms with Gasteiger partial charge in [-0.2, -0.15) is 0 Å². The van der Waals surface area contributed by atoms with Crippen LogP contribution in [0.1, 0.15) is 54.8 Å². The van der Waals surface area contributed by atoms with Crippen LogP contribution in [0.3, 0.4) is 0 Å². The predicted octanol–water partition coefficient (Wildman–Crippen LogP) is 4.52. The second-order valence-electron chi connectivity index (χ2n) is 16.9. The SMILES string of the molecule is Cc1ncsc1-c1ccc(CNC(=O)[C@@H]2C[C@@H](O)CN2C(=O)[C@@H](c2cc(N3CCN(C(=O)CN4CC(c5cc6cc(-c7ccccc7O)nnc6[nH]5)C4)CC3)no2)C(C)C)cc1. The van der Waals surface area contributed by atoms with E-state index in [0.29, 0.717) is 67.8 Å². The molecule has 7 heterocycles. The minimum atomic E-state index is -0.821. The highest BCUT2D eigenvalue weighted by Crippen LogP contribution is 2.35. The number of β-amino-alcohol motifs (C(OH)–C–C–N with tert-alkyl or cyclic N) is 1. The lowest BCUT2D eigenvalue weighted by Crippen LogP contribution is -2.54. The number of aromatic nitrogens is 5. The summed E-state index contributed by atoms with van der Waals surface area (Å²) in [6, 6.07) is 20.0. The van der Waals surface area contributed by atoms with Gasteiger partial charge in [-0.05, 0) is 48.2 Å². The fourth-order valence-corrected chi connectivity index (χ4v) is 9.63. The highest BCUT2D eigenvalue weighted by molar-refractivity contribution is 7.13.